The Morgan fingerprint density at radius 2 is 1.81 bits per heavy atom. The lowest BCUT2D eigenvalue weighted by atomic mass is 9.83. The summed E-state index contributed by atoms with van der Waals surface area (Å²) in [7, 11) is 0. The minimum Gasteiger partial charge on any atom is -0.508 e. The Kier molecular flexibility index (Phi) is 7.97. The van der Waals surface area contributed by atoms with Crippen LogP contribution in [0.5, 0.6) is 17.5 Å². The van der Waals surface area contributed by atoms with Crippen molar-refractivity contribution in [3.05, 3.63) is 53.1 Å². The first kappa shape index (κ1) is 26.4. The Morgan fingerprint density at radius 3 is 2.49 bits per heavy atom. The van der Waals surface area contributed by atoms with Crippen LogP contribution in [0.1, 0.15) is 75.5 Å². The summed E-state index contributed by atoms with van der Waals surface area (Å²) in [6, 6.07) is 8.54. The number of rotatable bonds is 8. The molecule has 0 aliphatic heterocycles. The molecular formula is C29H36N4O4. The molecule has 1 fully saturated rings. The van der Waals surface area contributed by atoms with Gasteiger partial charge in [-0.25, -0.2) is 4.57 Å². The fourth-order valence-electron chi connectivity index (χ4n) is 5.02. The van der Waals surface area contributed by atoms with Gasteiger partial charge in [-0.05, 0) is 79.0 Å². The number of nitrogens with zero attached hydrogens (tertiary/aromatic N) is 3. The van der Waals surface area contributed by atoms with Gasteiger partial charge in [-0.2, -0.15) is 0 Å². The van der Waals surface area contributed by atoms with Crippen molar-refractivity contribution >= 4 is 11.9 Å². The van der Waals surface area contributed by atoms with Crippen LogP contribution in [0.15, 0.2) is 36.4 Å². The molecule has 1 aromatic heterocycles. The minimum absolute atomic E-state index is 0.00136. The molecule has 1 saturated carbocycles. The van der Waals surface area contributed by atoms with Gasteiger partial charge in [0, 0.05) is 18.0 Å². The molecule has 0 spiro atoms. The molecule has 2 aromatic carbocycles. The zero-order valence-corrected chi connectivity index (χ0v) is 21.7. The number of carbonyl (C=O) groups is 1. The van der Waals surface area contributed by atoms with Gasteiger partial charge in [0.05, 0.1) is 11.3 Å². The molecule has 0 radical (unpaired) electrons. The zero-order chi connectivity index (χ0) is 26.7. The standard InChI is InChI=1S/C29H36N4O4/c1-4-5-20-14-22(12-8-18(20)9-13-25(34)19-6-10-21(30)11-7-19)33-28(31-32-29(33)37)24-15-23(17(2)3)26(35)16-27(24)36/h8-9,12-17,19,21,35-36H,4-7,10-11,30H2,1-3H3,(H,32,37)/b13-9-. The highest BCUT2D eigenvalue weighted by Gasteiger charge is 2.23. The SMILES string of the molecule is CCCc1cc(-n2c(O)nnc2-c2cc(C(C)C)c(O)cc2O)ccc1/C=C\C(=O)C1CCC(N)CC1. The lowest BCUT2D eigenvalue weighted by Crippen LogP contribution is -2.29. The highest BCUT2D eigenvalue weighted by molar-refractivity contribution is 5.95. The maximum absolute atomic E-state index is 12.8. The third kappa shape index (κ3) is 5.69. The summed E-state index contributed by atoms with van der Waals surface area (Å²) in [4.78, 5) is 12.8. The minimum atomic E-state index is -0.315. The first-order valence-corrected chi connectivity index (χ1v) is 13.0. The summed E-state index contributed by atoms with van der Waals surface area (Å²) >= 11 is 0. The lowest BCUT2D eigenvalue weighted by Gasteiger charge is -2.23. The van der Waals surface area contributed by atoms with E-state index in [9.17, 15) is 20.1 Å². The van der Waals surface area contributed by atoms with Crippen molar-refractivity contribution in [2.75, 3.05) is 0 Å². The molecule has 196 valence electrons. The van der Waals surface area contributed by atoms with Crippen LogP contribution in [-0.2, 0) is 11.2 Å². The molecule has 3 aromatic rings. The summed E-state index contributed by atoms with van der Waals surface area (Å²) in [5.41, 5.74) is 9.58. The average Bonchev–Trinajstić information content (AvgIpc) is 3.24. The van der Waals surface area contributed by atoms with Crippen molar-refractivity contribution in [1.82, 2.24) is 14.8 Å². The monoisotopic (exact) mass is 504 g/mol. The van der Waals surface area contributed by atoms with Crippen molar-refractivity contribution in [3.63, 3.8) is 0 Å². The second kappa shape index (κ2) is 11.2. The smallest absolute Gasteiger partial charge is 0.319 e. The number of aryl methyl sites for hydroxylation is 1. The lowest BCUT2D eigenvalue weighted by molar-refractivity contribution is -0.119. The van der Waals surface area contributed by atoms with Crippen LogP contribution in [0.3, 0.4) is 0 Å². The van der Waals surface area contributed by atoms with Gasteiger partial charge in [-0.1, -0.05) is 44.4 Å². The van der Waals surface area contributed by atoms with Gasteiger partial charge in [0.2, 0.25) is 0 Å². The normalized spacial score (nSPS) is 18.1. The predicted octanol–water partition coefficient (Wildman–Crippen LogP) is 5.23. The number of carbonyl (C=O) groups excluding carboxylic acids is 1. The van der Waals surface area contributed by atoms with E-state index in [4.69, 9.17) is 5.73 Å². The van der Waals surface area contributed by atoms with E-state index >= 15 is 0 Å². The van der Waals surface area contributed by atoms with E-state index in [1.54, 1.807) is 12.1 Å². The highest BCUT2D eigenvalue weighted by atomic mass is 16.3. The highest BCUT2D eigenvalue weighted by Crippen LogP contribution is 2.39. The quantitative estimate of drug-likeness (QED) is 0.309. The summed E-state index contributed by atoms with van der Waals surface area (Å²) in [5, 5.41) is 39.4. The number of ketones is 1. The van der Waals surface area contributed by atoms with Crippen LogP contribution in [0.2, 0.25) is 0 Å². The molecule has 1 aliphatic carbocycles. The largest absolute Gasteiger partial charge is 0.508 e. The Labute approximate surface area is 217 Å². The van der Waals surface area contributed by atoms with E-state index in [1.807, 2.05) is 38.1 Å². The number of aromatic nitrogens is 3. The Balaban J connectivity index is 1.69. The predicted molar refractivity (Wildman–Crippen MR) is 144 cm³/mol. The van der Waals surface area contributed by atoms with Crippen molar-refractivity contribution in [2.45, 2.75) is 71.3 Å². The molecule has 0 saturated heterocycles. The first-order valence-electron chi connectivity index (χ1n) is 13.0. The van der Waals surface area contributed by atoms with Gasteiger partial charge in [0.15, 0.2) is 11.6 Å². The topological polar surface area (TPSA) is 134 Å². The summed E-state index contributed by atoms with van der Waals surface area (Å²) in [5.74, 6) is 0.286. The number of phenols is 2. The van der Waals surface area contributed by atoms with Gasteiger partial charge in [-0.3, -0.25) is 4.79 Å². The number of aromatic hydroxyl groups is 3. The van der Waals surface area contributed by atoms with E-state index in [-0.39, 0.29) is 47.0 Å². The van der Waals surface area contributed by atoms with Gasteiger partial charge >= 0.3 is 6.01 Å². The third-order valence-electron chi connectivity index (χ3n) is 7.16. The molecule has 0 bridgehead atoms. The van der Waals surface area contributed by atoms with E-state index in [0.29, 0.717) is 16.8 Å². The molecular weight excluding hydrogens is 468 g/mol. The molecule has 0 amide bonds. The maximum atomic E-state index is 12.8. The summed E-state index contributed by atoms with van der Waals surface area (Å²) < 4.78 is 1.47. The van der Waals surface area contributed by atoms with Crippen LogP contribution in [0.25, 0.3) is 23.2 Å². The molecule has 0 atom stereocenters. The number of nitrogens with two attached hydrogens (primary N) is 1. The summed E-state index contributed by atoms with van der Waals surface area (Å²) in [6.07, 6.45) is 8.68. The maximum Gasteiger partial charge on any atom is 0.319 e. The van der Waals surface area contributed by atoms with Crippen LogP contribution in [-0.4, -0.2) is 41.9 Å². The first-order chi connectivity index (χ1) is 17.7. The second-order valence-electron chi connectivity index (χ2n) is 10.2. The molecule has 4 rings (SSSR count). The van der Waals surface area contributed by atoms with Gasteiger partial charge < -0.3 is 21.1 Å². The number of allylic oxidation sites excluding steroid dienone is 1. The van der Waals surface area contributed by atoms with Crippen molar-refractivity contribution < 1.29 is 20.1 Å². The number of phenolic OH excluding ortho intramolecular Hbond substituents is 2. The Hall–Kier alpha value is -3.65. The fraction of sp³-hybridized carbons (Fsp3) is 0.414. The zero-order valence-electron chi connectivity index (χ0n) is 21.7. The molecule has 5 N–H and O–H groups in total. The van der Waals surface area contributed by atoms with E-state index < -0.39 is 0 Å². The molecule has 1 heterocycles. The molecule has 8 nitrogen and oxygen atoms in total. The Morgan fingerprint density at radius 1 is 1.08 bits per heavy atom. The van der Waals surface area contributed by atoms with Gasteiger partial charge in [-0.15, -0.1) is 5.10 Å². The van der Waals surface area contributed by atoms with E-state index in [1.165, 1.54) is 10.6 Å². The van der Waals surface area contributed by atoms with Crippen LogP contribution in [0.4, 0.5) is 0 Å². The van der Waals surface area contributed by atoms with Gasteiger partial charge in [0.1, 0.15) is 11.5 Å². The number of benzene rings is 2. The summed E-state index contributed by atoms with van der Waals surface area (Å²) in [6.45, 7) is 5.96. The van der Waals surface area contributed by atoms with Crippen molar-refractivity contribution in [3.8, 4) is 34.6 Å². The molecule has 37 heavy (non-hydrogen) atoms. The molecule has 0 unspecified atom stereocenters. The fourth-order valence-corrected chi connectivity index (χ4v) is 5.02. The number of hydrogen-bond acceptors (Lipinski definition) is 7. The second-order valence-corrected chi connectivity index (χ2v) is 10.2. The number of hydrogen-bond donors (Lipinski definition) is 4. The average molecular weight is 505 g/mol. The van der Waals surface area contributed by atoms with Crippen LogP contribution >= 0.6 is 0 Å². The third-order valence-corrected chi connectivity index (χ3v) is 7.16. The van der Waals surface area contributed by atoms with Crippen LogP contribution < -0.4 is 5.73 Å². The molecule has 1 aliphatic rings. The Bertz CT molecular complexity index is 1300. The van der Waals surface area contributed by atoms with E-state index in [0.717, 1.165) is 49.7 Å². The van der Waals surface area contributed by atoms with E-state index in [2.05, 4.69) is 17.1 Å². The van der Waals surface area contributed by atoms with Crippen molar-refractivity contribution in [1.29, 1.82) is 0 Å². The van der Waals surface area contributed by atoms with Gasteiger partial charge in [0.25, 0.3) is 0 Å². The molecule has 8 heteroatoms. The van der Waals surface area contributed by atoms with Crippen LogP contribution in [0, 0.1) is 5.92 Å². The van der Waals surface area contributed by atoms with Crippen molar-refractivity contribution in [2.24, 2.45) is 11.7 Å².